The Hall–Kier alpha value is -2.32. The lowest BCUT2D eigenvalue weighted by atomic mass is 9.88. The largest absolute Gasteiger partial charge is 0.392 e. The Balaban J connectivity index is 0.00000114. The molecule has 5 heteroatoms. The molecule has 0 aliphatic heterocycles. The number of alkyl halides is 3. The zero-order chi connectivity index (χ0) is 23.6. The van der Waals surface area contributed by atoms with Gasteiger partial charge in [0, 0.05) is 19.5 Å². The topological polar surface area (TPSA) is 27.0 Å². The first-order valence-electron chi connectivity index (χ1n) is 11.5. The van der Waals surface area contributed by atoms with E-state index in [0.29, 0.717) is 18.9 Å². The van der Waals surface area contributed by atoms with Crippen molar-refractivity contribution in [2.45, 2.75) is 77.6 Å². The fraction of sp³-hybridized carbons (Fsp3) is 0.519. The molecule has 32 heavy (non-hydrogen) atoms. The van der Waals surface area contributed by atoms with Crippen molar-refractivity contribution in [2.75, 3.05) is 6.54 Å². The number of hydrogen-bond acceptors (Lipinski definition) is 2. The minimum Gasteiger partial charge on any atom is -0.297 e. The van der Waals surface area contributed by atoms with Crippen LogP contribution in [0.5, 0.6) is 0 Å². The van der Waals surface area contributed by atoms with Crippen molar-refractivity contribution >= 4 is 0 Å². The number of hydrogen-bond donors (Lipinski definition) is 0. The lowest BCUT2D eigenvalue weighted by Gasteiger charge is -2.26. The second kappa shape index (κ2) is 12.6. The monoisotopic (exact) mass is 444 g/mol. The molecule has 2 atom stereocenters. The maximum absolute atomic E-state index is 13.2. The van der Waals surface area contributed by atoms with Crippen LogP contribution in [0, 0.1) is 17.2 Å². The molecule has 1 aliphatic rings. The Morgan fingerprint density at radius 3 is 2.19 bits per heavy atom. The van der Waals surface area contributed by atoms with E-state index in [1.54, 1.807) is 6.07 Å². The highest BCUT2D eigenvalue weighted by Crippen LogP contribution is 2.48. The smallest absolute Gasteiger partial charge is 0.297 e. The summed E-state index contributed by atoms with van der Waals surface area (Å²) in [6.45, 7) is 7.82. The van der Waals surface area contributed by atoms with Gasteiger partial charge in [-0.2, -0.15) is 18.4 Å². The third-order valence-electron chi connectivity index (χ3n) is 6.21. The first kappa shape index (κ1) is 25.9. The molecule has 1 fully saturated rings. The second-order valence-corrected chi connectivity index (χ2v) is 8.80. The van der Waals surface area contributed by atoms with Crippen molar-refractivity contribution < 1.29 is 13.2 Å². The predicted octanol–water partition coefficient (Wildman–Crippen LogP) is 7.51. The maximum atomic E-state index is 13.2. The molecular formula is C27H35F3N2. The molecule has 0 saturated heterocycles. The van der Waals surface area contributed by atoms with Crippen LogP contribution in [0.2, 0.25) is 0 Å². The molecule has 0 spiro atoms. The van der Waals surface area contributed by atoms with Crippen LogP contribution in [0.25, 0.3) is 0 Å². The molecule has 1 saturated carbocycles. The van der Waals surface area contributed by atoms with Crippen molar-refractivity contribution in [3.05, 3.63) is 71.3 Å². The van der Waals surface area contributed by atoms with Gasteiger partial charge in [0.2, 0.25) is 0 Å². The Labute approximate surface area is 191 Å². The summed E-state index contributed by atoms with van der Waals surface area (Å²) in [5.41, 5.74) is 3.38. The maximum Gasteiger partial charge on any atom is 0.392 e. The minimum absolute atomic E-state index is 0.266. The predicted molar refractivity (Wildman–Crippen MR) is 124 cm³/mol. The standard InChI is InChI=1S/C25H32F3N.C2H3N/c1-19(2)29(18-21-8-4-3-5-9-21)17-7-10-20-13-15-22(16-14-20)23-11-6-12-24(23)25(26,27)28;1-2-3/h3-5,8-9,13-16,19,23-24H,6-7,10-12,17-18H2,1-2H3;1H3. The number of benzene rings is 2. The normalized spacial score (nSPS) is 18.3. The van der Waals surface area contributed by atoms with Crippen molar-refractivity contribution in [3.63, 3.8) is 0 Å². The van der Waals surface area contributed by atoms with Gasteiger partial charge in [0.15, 0.2) is 0 Å². The van der Waals surface area contributed by atoms with E-state index in [0.717, 1.165) is 31.5 Å². The lowest BCUT2D eigenvalue weighted by molar-refractivity contribution is -0.176. The molecule has 0 bridgehead atoms. The molecule has 174 valence electrons. The summed E-state index contributed by atoms with van der Waals surface area (Å²) >= 11 is 0. The molecule has 0 aromatic heterocycles. The van der Waals surface area contributed by atoms with Gasteiger partial charge in [-0.15, -0.1) is 0 Å². The van der Waals surface area contributed by atoms with Gasteiger partial charge in [-0.3, -0.25) is 4.90 Å². The van der Waals surface area contributed by atoms with Crippen molar-refractivity contribution in [3.8, 4) is 6.07 Å². The van der Waals surface area contributed by atoms with Crippen LogP contribution in [0.1, 0.15) is 69.1 Å². The van der Waals surface area contributed by atoms with E-state index >= 15 is 0 Å². The molecule has 2 aromatic carbocycles. The fourth-order valence-corrected chi connectivity index (χ4v) is 4.51. The molecule has 0 N–H and O–H groups in total. The average molecular weight is 445 g/mol. The van der Waals surface area contributed by atoms with Gasteiger partial charge in [0.05, 0.1) is 12.0 Å². The number of halogens is 3. The summed E-state index contributed by atoms with van der Waals surface area (Å²) in [5, 5.41) is 7.32. The van der Waals surface area contributed by atoms with E-state index in [4.69, 9.17) is 5.26 Å². The number of nitrogens with zero attached hydrogens (tertiary/aromatic N) is 2. The van der Waals surface area contributed by atoms with Gasteiger partial charge >= 0.3 is 6.18 Å². The van der Waals surface area contributed by atoms with Gasteiger partial charge in [-0.1, -0.05) is 61.0 Å². The third kappa shape index (κ3) is 7.98. The first-order chi connectivity index (χ1) is 15.3. The van der Waals surface area contributed by atoms with Gasteiger partial charge < -0.3 is 0 Å². The quantitative estimate of drug-likeness (QED) is 0.421. The molecule has 0 heterocycles. The second-order valence-electron chi connectivity index (χ2n) is 8.80. The molecule has 2 aromatic rings. The molecule has 0 radical (unpaired) electrons. The molecule has 2 unspecified atom stereocenters. The van der Waals surface area contributed by atoms with Crippen LogP contribution < -0.4 is 0 Å². The first-order valence-corrected chi connectivity index (χ1v) is 11.5. The summed E-state index contributed by atoms with van der Waals surface area (Å²) in [6.07, 6.45) is -0.513. The number of nitriles is 1. The number of aryl methyl sites for hydroxylation is 1. The summed E-state index contributed by atoms with van der Waals surface area (Å²) in [7, 11) is 0. The molecule has 2 nitrogen and oxygen atoms in total. The Bertz CT molecular complexity index is 823. The summed E-state index contributed by atoms with van der Waals surface area (Å²) in [5.74, 6) is -1.54. The van der Waals surface area contributed by atoms with Crippen molar-refractivity contribution in [1.29, 1.82) is 5.26 Å². The number of rotatable bonds is 8. The van der Waals surface area contributed by atoms with Crippen LogP contribution in [0.3, 0.4) is 0 Å². The lowest BCUT2D eigenvalue weighted by Crippen LogP contribution is -2.31. The minimum atomic E-state index is -4.08. The highest BCUT2D eigenvalue weighted by atomic mass is 19.4. The highest BCUT2D eigenvalue weighted by molar-refractivity contribution is 5.27. The summed E-state index contributed by atoms with van der Waals surface area (Å²) in [4.78, 5) is 2.47. The van der Waals surface area contributed by atoms with E-state index < -0.39 is 12.1 Å². The summed E-state index contributed by atoms with van der Waals surface area (Å²) < 4.78 is 39.7. The third-order valence-corrected chi connectivity index (χ3v) is 6.21. The fourth-order valence-electron chi connectivity index (χ4n) is 4.51. The van der Waals surface area contributed by atoms with Gasteiger partial charge in [0.1, 0.15) is 0 Å². The van der Waals surface area contributed by atoms with Crippen LogP contribution in [0.4, 0.5) is 13.2 Å². The molecule has 1 aliphatic carbocycles. The Morgan fingerprint density at radius 2 is 1.62 bits per heavy atom. The SMILES string of the molecule is CC#N.CC(C)N(CCCc1ccc(C2CCCC2C(F)(F)F)cc1)Cc1ccccc1. The molecule has 3 rings (SSSR count). The van der Waals surface area contributed by atoms with Crippen molar-refractivity contribution in [1.82, 2.24) is 4.90 Å². The van der Waals surface area contributed by atoms with Crippen LogP contribution in [-0.2, 0) is 13.0 Å². The van der Waals surface area contributed by atoms with E-state index in [1.165, 1.54) is 18.1 Å². The van der Waals surface area contributed by atoms with Gasteiger partial charge in [-0.25, -0.2) is 0 Å². The van der Waals surface area contributed by atoms with Crippen molar-refractivity contribution in [2.24, 2.45) is 5.92 Å². The Morgan fingerprint density at radius 1 is 1.00 bits per heavy atom. The van der Waals surface area contributed by atoms with Gasteiger partial charge in [0.25, 0.3) is 0 Å². The van der Waals surface area contributed by atoms with Crippen LogP contribution in [-0.4, -0.2) is 23.7 Å². The van der Waals surface area contributed by atoms with Crippen LogP contribution in [0.15, 0.2) is 54.6 Å². The average Bonchev–Trinajstić information content (AvgIpc) is 3.25. The zero-order valence-corrected chi connectivity index (χ0v) is 19.4. The zero-order valence-electron chi connectivity index (χ0n) is 19.4. The van der Waals surface area contributed by atoms with E-state index in [9.17, 15) is 13.2 Å². The highest BCUT2D eigenvalue weighted by Gasteiger charge is 2.47. The molecule has 0 amide bonds. The van der Waals surface area contributed by atoms with E-state index in [2.05, 4.69) is 43.0 Å². The Kier molecular flexibility index (Phi) is 10.3. The van der Waals surface area contributed by atoms with E-state index in [-0.39, 0.29) is 12.3 Å². The van der Waals surface area contributed by atoms with Crippen LogP contribution >= 0.6 is 0 Å². The van der Waals surface area contributed by atoms with E-state index in [1.807, 2.05) is 30.3 Å². The summed E-state index contributed by atoms with van der Waals surface area (Å²) in [6, 6.07) is 20.6. The van der Waals surface area contributed by atoms with Gasteiger partial charge in [-0.05, 0) is 68.7 Å². The molecular weight excluding hydrogens is 409 g/mol.